The lowest BCUT2D eigenvalue weighted by Crippen LogP contribution is -2.49. The smallest absolute Gasteiger partial charge is 0.243 e. The van der Waals surface area contributed by atoms with Crippen LogP contribution in [0, 0.1) is 6.92 Å². The maximum absolute atomic E-state index is 12.7. The van der Waals surface area contributed by atoms with Gasteiger partial charge in [0, 0.05) is 39.8 Å². The molecule has 1 aromatic rings. The van der Waals surface area contributed by atoms with Crippen LogP contribution in [0.15, 0.2) is 23.1 Å². The second-order valence-electron chi connectivity index (χ2n) is 5.37. The first-order chi connectivity index (χ1) is 10.5. The van der Waals surface area contributed by atoms with Crippen LogP contribution in [0.25, 0.3) is 0 Å². The number of benzene rings is 1. The summed E-state index contributed by atoms with van der Waals surface area (Å²) in [5.41, 5.74) is 0.822. The third-order valence-electron chi connectivity index (χ3n) is 3.95. The average Bonchev–Trinajstić information content (AvgIpc) is 2.53. The molecule has 6 nitrogen and oxygen atoms in total. The van der Waals surface area contributed by atoms with Crippen LogP contribution in [0.3, 0.4) is 0 Å². The quantitative estimate of drug-likeness (QED) is 0.778. The van der Waals surface area contributed by atoms with Crippen LogP contribution in [0.2, 0.25) is 0 Å². The second-order valence-corrected chi connectivity index (χ2v) is 7.31. The molecule has 0 amide bonds. The Morgan fingerprint density at radius 1 is 1.14 bits per heavy atom. The van der Waals surface area contributed by atoms with Gasteiger partial charge in [0.05, 0.1) is 18.6 Å². The normalized spacial score (nSPS) is 17.6. The minimum absolute atomic E-state index is 0.330. The van der Waals surface area contributed by atoms with E-state index >= 15 is 0 Å². The van der Waals surface area contributed by atoms with Crippen LogP contribution in [0.4, 0.5) is 0 Å². The van der Waals surface area contributed by atoms with E-state index in [1.807, 2.05) is 6.92 Å². The molecule has 7 heteroatoms. The monoisotopic (exact) mass is 328 g/mol. The summed E-state index contributed by atoms with van der Waals surface area (Å²) in [5.74, 6) is 0.698. The van der Waals surface area contributed by atoms with Gasteiger partial charge in [-0.2, -0.15) is 4.31 Å². The van der Waals surface area contributed by atoms with Gasteiger partial charge in [-0.3, -0.25) is 4.90 Å². The standard InChI is InChI=1S/C15H24N2O4S/c1-13-12-14(4-5-15(13)21-3)22(18,19)17-8-6-16(7-9-17)10-11-20-2/h4-5,12H,6-11H2,1-3H3. The number of methoxy groups -OCH3 is 2. The molecule has 0 bridgehead atoms. The van der Waals surface area contributed by atoms with E-state index in [9.17, 15) is 8.42 Å². The summed E-state index contributed by atoms with van der Waals surface area (Å²) in [6.07, 6.45) is 0. The Bertz CT molecular complexity index is 596. The molecule has 0 radical (unpaired) electrons. The fourth-order valence-electron chi connectivity index (χ4n) is 2.57. The molecular formula is C15H24N2O4S. The molecule has 0 N–H and O–H groups in total. The van der Waals surface area contributed by atoms with Crippen LogP contribution in [-0.4, -0.2) is 71.2 Å². The summed E-state index contributed by atoms with van der Waals surface area (Å²) in [6, 6.07) is 4.99. The predicted octanol–water partition coefficient (Wildman–Crippen LogP) is 0.956. The van der Waals surface area contributed by atoms with Gasteiger partial charge in [-0.25, -0.2) is 8.42 Å². The van der Waals surface area contributed by atoms with Crippen molar-refractivity contribution in [3.05, 3.63) is 23.8 Å². The maximum Gasteiger partial charge on any atom is 0.243 e. The van der Waals surface area contributed by atoms with Crippen LogP contribution in [0.1, 0.15) is 5.56 Å². The summed E-state index contributed by atoms with van der Waals surface area (Å²) < 4.78 is 37.2. The highest BCUT2D eigenvalue weighted by molar-refractivity contribution is 7.89. The lowest BCUT2D eigenvalue weighted by molar-refractivity contribution is 0.123. The zero-order valence-electron chi connectivity index (χ0n) is 13.4. The third kappa shape index (κ3) is 3.78. The van der Waals surface area contributed by atoms with Crippen LogP contribution < -0.4 is 4.74 Å². The zero-order valence-corrected chi connectivity index (χ0v) is 14.2. The van der Waals surface area contributed by atoms with Crippen molar-refractivity contribution in [2.24, 2.45) is 0 Å². The molecule has 1 heterocycles. The van der Waals surface area contributed by atoms with E-state index in [2.05, 4.69) is 4.90 Å². The number of ether oxygens (including phenoxy) is 2. The summed E-state index contributed by atoms with van der Waals surface area (Å²) in [5, 5.41) is 0. The number of sulfonamides is 1. The molecular weight excluding hydrogens is 304 g/mol. The molecule has 1 saturated heterocycles. The van der Waals surface area contributed by atoms with Gasteiger partial charge in [0.1, 0.15) is 5.75 Å². The van der Waals surface area contributed by atoms with E-state index in [1.54, 1.807) is 36.7 Å². The Balaban J connectivity index is 2.07. The highest BCUT2D eigenvalue weighted by Crippen LogP contribution is 2.24. The van der Waals surface area contributed by atoms with E-state index in [-0.39, 0.29) is 0 Å². The highest BCUT2D eigenvalue weighted by atomic mass is 32.2. The number of nitrogens with zero attached hydrogens (tertiary/aromatic N) is 2. The van der Waals surface area contributed by atoms with Crippen molar-refractivity contribution in [2.75, 3.05) is 53.6 Å². The fraction of sp³-hybridized carbons (Fsp3) is 0.600. The first-order valence-electron chi connectivity index (χ1n) is 7.35. The van der Waals surface area contributed by atoms with Crippen molar-refractivity contribution in [3.63, 3.8) is 0 Å². The molecule has 0 spiro atoms. The van der Waals surface area contributed by atoms with E-state index in [4.69, 9.17) is 9.47 Å². The predicted molar refractivity (Wildman–Crippen MR) is 84.8 cm³/mol. The largest absolute Gasteiger partial charge is 0.496 e. The molecule has 0 unspecified atom stereocenters. The number of piperazine rings is 1. The van der Waals surface area contributed by atoms with E-state index in [0.717, 1.165) is 25.2 Å². The molecule has 124 valence electrons. The van der Waals surface area contributed by atoms with Gasteiger partial charge in [-0.15, -0.1) is 0 Å². The van der Waals surface area contributed by atoms with Gasteiger partial charge in [0.15, 0.2) is 0 Å². The molecule has 1 aliphatic heterocycles. The van der Waals surface area contributed by atoms with Gasteiger partial charge in [0.25, 0.3) is 0 Å². The first-order valence-corrected chi connectivity index (χ1v) is 8.79. The summed E-state index contributed by atoms with van der Waals surface area (Å²) >= 11 is 0. The first kappa shape index (κ1) is 17.2. The molecule has 22 heavy (non-hydrogen) atoms. The molecule has 0 saturated carbocycles. The van der Waals surface area contributed by atoms with E-state index in [0.29, 0.717) is 30.3 Å². The van der Waals surface area contributed by atoms with E-state index in [1.165, 1.54) is 0 Å². The van der Waals surface area contributed by atoms with Crippen LogP contribution >= 0.6 is 0 Å². The number of rotatable bonds is 6. The minimum Gasteiger partial charge on any atom is -0.496 e. The second kappa shape index (κ2) is 7.41. The molecule has 1 aliphatic rings. The molecule has 0 aromatic heterocycles. The van der Waals surface area contributed by atoms with Crippen molar-refractivity contribution in [1.82, 2.24) is 9.21 Å². The molecule has 1 fully saturated rings. The number of aryl methyl sites for hydroxylation is 1. The Morgan fingerprint density at radius 2 is 1.82 bits per heavy atom. The fourth-order valence-corrected chi connectivity index (χ4v) is 4.08. The maximum atomic E-state index is 12.7. The molecule has 2 rings (SSSR count). The minimum atomic E-state index is -3.43. The van der Waals surface area contributed by atoms with Crippen molar-refractivity contribution < 1.29 is 17.9 Å². The van der Waals surface area contributed by atoms with Crippen molar-refractivity contribution in [1.29, 1.82) is 0 Å². The third-order valence-corrected chi connectivity index (χ3v) is 5.84. The SMILES string of the molecule is COCCN1CCN(S(=O)(=O)c2ccc(OC)c(C)c2)CC1. The van der Waals surface area contributed by atoms with Gasteiger partial charge in [-0.05, 0) is 30.7 Å². The summed E-state index contributed by atoms with van der Waals surface area (Å²) in [7, 11) is -0.181. The molecule has 0 aliphatic carbocycles. The highest BCUT2D eigenvalue weighted by Gasteiger charge is 2.28. The summed E-state index contributed by atoms with van der Waals surface area (Å²) in [4.78, 5) is 2.55. The summed E-state index contributed by atoms with van der Waals surface area (Å²) in [6.45, 7) is 5.85. The van der Waals surface area contributed by atoms with Gasteiger partial charge >= 0.3 is 0 Å². The average molecular weight is 328 g/mol. The molecule has 1 aromatic carbocycles. The van der Waals surface area contributed by atoms with Crippen LogP contribution in [0.5, 0.6) is 5.75 Å². The number of hydrogen-bond donors (Lipinski definition) is 0. The topological polar surface area (TPSA) is 59.1 Å². The Labute approximate surface area is 132 Å². The van der Waals surface area contributed by atoms with Gasteiger partial charge in [-0.1, -0.05) is 0 Å². The Kier molecular flexibility index (Phi) is 5.80. The van der Waals surface area contributed by atoms with Gasteiger partial charge in [0.2, 0.25) is 10.0 Å². The van der Waals surface area contributed by atoms with Crippen molar-refractivity contribution in [2.45, 2.75) is 11.8 Å². The molecule has 0 atom stereocenters. The Hall–Kier alpha value is -1.15. The van der Waals surface area contributed by atoms with Crippen LogP contribution in [-0.2, 0) is 14.8 Å². The van der Waals surface area contributed by atoms with Crippen molar-refractivity contribution >= 4 is 10.0 Å². The van der Waals surface area contributed by atoms with Gasteiger partial charge < -0.3 is 9.47 Å². The van der Waals surface area contributed by atoms with E-state index < -0.39 is 10.0 Å². The zero-order chi connectivity index (χ0) is 16.2. The lowest BCUT2D eigenvalue weighted by Gasteiger charge is -2.33. The lowest BCUT2D eigenvalue weighted by atomic mass is 10.2. The Morgan fingerprint density at radius 3 is 2.36 bits per heavy atom. The van der Waals surface area contributed by atoms with Crippen molar-refractivity contribution in [3.8, 4) is 5.75 Å². The number of hydrogen-bond acceptors (Lipinski definition) is 5.